The van der Waals surface area contributed by atoms with Gasteiger partial charge < -0.3 is 5.32 Å². The Bertz CT molecular complexity index is 1550. The normalized spacial score (nSPS) is 13.0. The summed E-state index contributed by atoms with van der Waals surface area (Å²) in [6.07, 6.45) is -3.84. The number of halogens is 5. The lowest BCUT2D eigenvalue weighted by molar-refractivity contribution is -0.137. The Morgan fingerprint density at radius 1 is 0.895 bits per heavy atom. The van der Waals surface area contributed by atoms with Crippen LogP contribution in [0.5, 0.6) is 0 Å². The Balaban J connectivity index is 1.77. The van der Waals surface area contributed by atoms with Gasteiger partial charge in [-0.25, -0.2) is 16.8 Å². The first-order valence-electron chi connectivity index (χ1n) is 10.5. The minimum atomic E-state index is -4.78. The maximum absolute atomic E-state index is 13.1. The van der Waals surface area contributed by atoms with Crippen LogP contribution in [0.1, 0.15) is 12.5 Å². The summed E-state index contributed by atoms with van der Waals surface area (Å²) in [5.74, 6) is -0.708. The summed E-state index contributed by atoms with van der Waals surface area (Å²) in [6, 6.07) is 12.0. The molecule has 0 aliphatic heterocycles. The second kappa shape index (κ2) is 11.0. The summed E-state index contributed by atoms with van der Waals surface area (Å²) >= 11 is 11.4. The summed E-state index contributed by atoms with van der Waals surface area (Å²) in [5.41, 5.74) is -1.19. The monoisotopic (exact) mass is 609 g/mol. The Morgan fingerprint density at radius 2 is 1.45 bits per heavy atom. The van der Waals surface area contributed by atoms with Gasteiger partial charge in [-0.3, -0.25) is 13.8 Å². The van der Waals surface area contributed by atoms with Crippen LogP contribution in [0.25, 0.3) is 0 Å². The fraction of sp³-hybridized carbons (Fsp3) is 0.174. The highest BCUT2D eigenvalue weighted by molar-refractivity contribution is 7.92. The molecule has 0 bridgehead atoms. The van der Waals surface area contributed by atoms with E-state index >= 15 is 0 Å². The SMILES string of the molecule is CC(C(=O)Nc1ccc(S(=O)(=O)Nc2ccc(Cl)c(C(F)(F)F)c2)cc1)N(c1ccc(Cl)cc1)S(C)(=O)=O. The average molecular weight is 610 g/mol. The van der Waals surface area contributed by atoms with Crippen LogP contribution in [-0.2, 0) is 31.0 Å². The lowest BCUT2D eigenvalue weighted by Crippen LogP contribution is -2.45. The van der Waals surface area contributed by atoms with Gasteiger partial charge in [-0.2, -0.15) is 13.2 Å². The van der Waals surface area contributed by atoms with Crippen LogP contribution in [0.3, 0.4) is 0 Å². The quantitative estimate of drug-likeness (QED) is 0.345. The topological polar surface area (TPSA) is 113 Å². The van der Waals surface area contributed by atoms with Gasteiger partial charge in [0.2, 0.25) is 15.9 Å². The molecule has 3 aromatic rings. The second-order valence-corrected chi connectivity index (χ2v) is 12.4. The molecule has 204 valence electrons. The van der Waals surface area contributed by atoms with Crippen molar-refractivity contribution in [1.29, 1.82) is 0 Å². The number of alkyl halides is 3. The standard InChI is InChI=1S/C23H20Cl2F3N3O5S2/c1-14(31(37(2,33)34)18-8-3-15(24)4-9-18)22(32)29-16-5-10-19(11-6-16)38(35,36)30-17-7-12-21(25)20(13-17)23(26,27)28/h3-14,30H,1-2H3,(H,29,32). The van der Waals surface area contributed by atoms with Crippen LogP contribution in [0, 0.1) is 0 Å². The maximum atomic E-state index is 13.1. The van der Waals surface area contributed by atoms with Gasteiger partial charge in [0.1, 0.15) is 6.04 Å². The molecule has 38 heavy (non-hydrogen) atoms. The lowest BCUT2D eigenvalue weighted by Gasteiger charge is -2.28. The molecule has 1 atom stereocenters. The molecule has 1 amide bonds. The van der Waals surface area contributed by atoms with E-state index in [0.29, 0.717) is 11.1 Å². The van der Waals surface area contributed by atoms with Gasteiger partial charge in [0.05, 0.1) is 27.4 Å². The number of anilines is 3. The largest absolute Gasteiger partial charge is 0.417 e. The second-order valence-electron chi connectivity index (χ2n) is 8.02. The van der Waals surface area contributed by atoms with Gasteiger partial charge in [0.15, 0.2) is 0 Å². The van der Waals surface area contributed by atoms with E-state index in [1.54, 1.807) is 0 Å². The zero-order valence-corrected chi connectivity index (χ0v) is 22.8. The summed E-state index contributed by atoms with van der Waals surface area (Å²) in [5, 5.41) is 2.30. The lowest BCUT2D eigenvalue weighted by atomic mass is 10.2. The maximum Gasteiger partial charge on any atom is 0.417 e. The summed E-state index contributed by atoms with van der Waals surface area (Å²) < 4.78 is 92.3. The van der Waals surface area contributed by atoms with Crippen molar-refractivity contribution in [3.63, 3.8) is 0 Å². The van der Waals surface area contributed by atoms with Crippen LogP contribution in [-0.4, -0.2) is 35.0 Å². The zero-order valence-electron chi connectivity index (χ0n) is 19.6. The highest BCUT2D eigenvalue weighted by atomic mass is 35.5. The molecule has 0 aliphatic carbocycles. The Morgan fingerprint density at radius 3 is 1.97 bits per heavy atom. The number of sulfonamides is 2. The number of carbonyl (C=O) groups excluding carboxylic acids is 1. The smallest absolute Gasteiger partial charge is 0.324 e. The van der Waals surface area contributed by atoms with E-state index in [0.717, 1.165) is 34.8 Å². The van der Waals surface area contributed by atoms with E-state index in [-0.39, 0.29) is 22.0 Å². The molecule has 0 aliphatic rings. The predicted octanol–water partition coefficient (Wildman–Crippen LogP) is 5.61. The first-order chi connectivity index (χ1) is 17.5. The van der Waals surface area contributed by atoms with E-state index in [2.05, 4.69) is 5.32 Å². The molecule has 3 aromatic carbocycles. The number of hydrogen-bond donors (Lipinski definition) is 2. The number of amides is 1. The molecular formula is C23H20Cl2F3N3O5S2. The molecule has 0 heterocycles. The fourth-order valence-corrected chi connectivity index (χ4v) is 5.96. The number of rotatable bonds is 8. The molecule has 0 spiro atoms. The van der Waals surface area contributed by atoms with Gasteiger partial charge in [-0.1, -0.05) is 23.2 Å². The molecule has 1 unspecified atom stereocenters. The van der Waals surface area contributed by atoms with Gasteiger partial charge in [0.25, 0.3) is 10.0 Å². The number of carbonyl (C=O) groups is 1. The van der Waals surface area contributed by atoms with E-state index in [1.165, 1.54) is 43.3 Å². The number of nitrogens with one attached hydrogen (secondary N) is 2. The number of hydrogen-bond acceptors (Lipinski definition) is 5. The van der Waals surface area contributed by atoms with Crippen molar-refractivity contribution in [2.24, 2.45) is 0 Å². The molecular weight excluding hydrogens is 590 g/mol. The van der Waals surface area contributed by atoms with E-state index < -0.39 is 48.8 Å². The van der Waals surface area contributed by atoms with Gasteiger partial charge >= 0.3 is 6.18 Å². The summed E-state index contributed by atoms with van der Waals surface area (Å²) in [6.45, 7) is 1.37. The molecule has 3 rings (SSSR count). The fourth-order valence-electron chi connectivity index (χ4n) is 3.38. The third-order valence-electron chi connectivity index (χ3n) is 5.13. The molecule has 0 fully saturated rings. The predicted molar refractivity (Wildman–Crippen MR) is 141 cm³/mol. The van der Waals surface area contributed by atoms with Crippen molar-refractivity contribution < 1.29 is 34.8 Å². The van der Waals surface area contributed by atoms with E-state index in [4.69, 9.17) is 23.2 Å². The third kappa shape index (κ3) is 7.10. The molecule has 0 saturated carbocycles. The molecule has 0 radical (unpaired) electrons. The summed E-state index contributed by atoms with van der Waals surface area (Å²) in [4.78, 5) is 12.5. The first-order valence-corrected chi connectivity index (χ1v) is 14.6. The van der Waals surface area contributed by atoms with Crippen molar-refractivity contribution in [1.82, 2.24) is 0 Å². The van der Waals surface area contributed by atoms with E-state index in [9.17, 15) is 34.8 Å². The van der Waals surface area contributed by atoms with Crippen LogP contribution in [0.2, 0.25) is 10.0 Å². The van der Waals surface area contributed by atoms with Crippen LogP contribution < -0.4 is 14.3 Å². The Kier molecular flexibility index (Phi) is 8.56. The molecule has 2 N–H and O–H groups in total. The highest BCUT2D eigenvalue weighted by Gasteiger charge is 2.34. The average Bonchev–Trinajstić information content (AvgIpc) is 2.80. The molecule has 8 nitrogen and oxygen atoms in total. The minimum Gasteiger partial charge on any atom is -0.324 e. The van der Waals surface area contributed by atoms with Crippen molar-refractivity contribution >= 4 is 66.2 Å². The molecule has 15 heteroatoms. The minimum absolute atomic E-state index is 0.149. The van der Waals surface area contributed by atoms with Crippen LogP contribution in [0.15, 0.2) is 71.6 Å². The summed E-state index contributed by atoms with van der Waals surface area (Å²) in [7, 11) is -8.17. The Labute approximate surface area is 227 Å². The van der Waals surface area contributed by atoms with Crippen molar-refractivity contribution in [2.75, 3.05) is 20.6 Å². The van der Waals surface area contributed by atoms with Gasteiger partial charge in [0, 0.05) is 16.4 Å². The van der Waals surface area contributed by atoms with Crippen molar-refractivity contribution in [3.05, 3.63) is 82.3 Å². The first kappa shape index (κ1) is 29.6. The van der Waals surface area contributed by atoms with E-state index in [1.807, 2.05) is 4.72 Å². The third-order valence-corrected chi connectivity index (χ3v) is 8.35. The van der Waals surface area contributed by atoms with Crippen LogP contribution >= 0.6 is 23.2 Å². The zero-order chi connectivity index (χ0) is 28.5. The highest BCUT2D eigenvalue weighted by Crippen LogP contribution is 2.36. The van der Waals surface area contributed by atoms with Crippen LogP contribution in [0.4, 0.5) is 30.2 Å². The number of nitrogens with zero attached hydrogens (tertiary/aromatic N) is 1. The molecule has 0 aromatic heterocycles. The molecule has 0 saturated heterocycles. The Hall–Kier alpha value is -3.00. The van der Waals surface area contributed by atoms with Gasteiger partial charge in [-0.05, 0) is 73.7 Å². The van der Waals surface area contributed by atoms with Crippen molar-refractivity contribution in [2.45, 2.75) is 24.0 Å². The number of benzene rings is 3. The van der Waals surface area contributed by atoms with Gasteiger partial charge in [-0.15, -0.1) is 0 Å². The van der Waals surface area contributed by atoms with Crippen molar-refractivity contribution in [3.8, 4) is 0 Å².